The quantitative estimate of drug-likeness (QED) is 0.353. The molecule has 1 N–H and O–H groups in total. The lowest BCUT2D eigenvalue weighted by atomic mass is 10.0. The summed E-state index contributed by atoms with van der Waals surface area (Å²) in [4.78, 5) is 9.65. The predicted molar refractivity (Wildman–Crippen MR) is 157 cm³/mol. The van der Waals surface area contributed by atoms with Gasteiger partial charge in [-0.25, -0.2) is 0 Å². The van der Waals surface area contributed by atoms with Crippen molar-refractivity contribution in [2.45, 2.75) is 6.54 Å². The Morgan fingerprint density at radius 2 is 1.10 bits per heavy atom. The molecule has 218 valence electrons. The summed E-state index contributed by atoms with van der Waals surface area (Å²) in [6.45, 7) is 5.51. The zero-order chi connectivity index (χ0) is 28.9. The zero-order valence-corrected chi connectivity index (χ0v) is 24.4. The molecule has 41 heavy (non-hydrogen) atoms. The van der Waals surface area contributed by atoms with E-state index in [1.165, 1.54) is 0 Å². The number of ether oxygens (including phenoxy) is 6. The first-order chi connectivity index (χ1) is 20.0. The lowest BCUT2D eigenvalue weighted by Crippen LogP contribution is -2.47. The maximum Gasteiger partial charge on any atom is 0.203 e. The van der Waals surface area contributed by atoms with Gasteiger partial charge < -0.3 is 28.4 Å². The molecular formula is C30H37N5O6. The van der Waals surface area contributed by atoms with Crippen molar-refractivity contribution in [3.63, 3.8) is 0 Å². The number of rotatable bonds is 12. The smallest absolute Gasteiger partial charge is 0.203 e. The third-order valence-corrected chi connectivity index (χ3v) is 7.36. The second kappa shape index (κ2) is 12.5. The van der Waals surface area contributed by atoms with E-state index in [0.717, 1.165) is 73.2 Å². The molecule has 0 radical (unpaired) electrons. The van der Waals surface area contributed by atoms with Crippen LogP contribution in [0.5, 0.6) is 34.5 Å². The van der Waals surface area contributed by atoms with Crippen LogP contribution in [0.15, 0.2) is 41.4 Å². The van der Waals surface area contributed by atoms with Gasteiger partial charge in [-0.15, -0.1) is 0 Å². The van der Waals surface area contributed by atoms with E-state index in [9.17, 15) is 0 Å². The fourth-order valence-electron chi connectivity index (χ4n) is 5.16. The Morgan fingerprint density at radius 1 is 0.634 bits per heavy atom. The number of benzene rings is 2. The highest BCUT2D eigenvalue weighted by atomic mass is 16.5. The van der Waals surface area contributed by atoms with E-state index in [2.05, 4.69) is 32.1 Å². The van der Waals surface area contributed by atoms with Crippen LogP contribution in [0.2, 0.25) is 0 Å². The Morgan fingerprint density at radius 3 is 1.56 bits per heavy atom. The second-order valence-corrected chi connectivity index (χ2v) is 9.79. The number of H-pyrrole nitrogens is 1. The fourth-order valence-corrected chi connectivity index (χ4v) is 5.16. The van der Waals surface area contributed by atoms with Gasteiger partial charge in [0.2, 0.25) is 11.5 Å². The van der Waals surface area contributed by atoms with Crippen molar-refractivity contribution in [2.24, 2.45) is 4.99 Å². The van der Waals surface area contributed by atoms with Crippen LogP contribution in [0.4, 0.5) is 0 Å². The summed E-state index contributed by atoms with van der Waals surface area (Å²) in [6.07, 6.45) is 2.13. The largest absolute Gasteiger partial charge is 0.493 e. The summed E-state index contributed by atoms with van der Waals surface area (Å²) in [5, 5.41) is 7.73. The van der Waals surface area contributed by atoms with E-state index in [4.69, 9.17) is 33.4 Å². The lowest BCUT2D eigenvalue weighted by molar-refractivity contribution is 0.139. The Labute approximate surface area is 240 Å². The van der Waals surface area contributed by atoms with Gasteiger partial charge in [-0.2, -0.15) is 5.10 Å². The zero-order valence-electron chi connectivity index (χ0n) is 24.4. The van der Waals surface area contributed by atoms with Crippen LogP contribution < -0.4 is 28.4 Å². The first kappa shape index (κ1) is 28.3. The molecule has 0 saturated carbocycles. The summed E-state index contributed by atoms with van der Waals surface area (Å²) in [5.74, 6) is 3.58. The standard InChI is InChI=1S/C30H37N5O6/c1-36-25-11-19(12-26(37-2)29(25)40-5)23-15-21(31-23)17-34-7-9-35(10-8-34)18-22-16-24(33-32-22)20-13-27(38-3)30(41-6)28(14-20)39-4/h11-16H,7-10,17-18H2,1-6H3,(H,32,33). The monoisotopic (exact) mass is 563 g/mol. The molecule has 0 spiro atoms. The van der Waals surface area contributed by atoms with Crippen LogP contribution in [0.1, 0.15) is 11.3 Å². The highest BCUT2D eigenvalue weighted by molar-refractivity contribution is 6.11. The molecular weight excluding hydrogens is 526 g/mol. The molecule has 3 heterocycles. The fraction of sp³-hybridized carbons (Fsp3) is 0.400. The van der Waals surface area contributed by atoms with Gasteiger partial charge in [0.15, 0.2) is 23.0 Å². The molecule has 0 aliphatic carbocycles. The Hall–Kier alpha value is -4.22. The molecule has 0 amide bonds. The van der Waals surface area contributed by atoms with Crippen molar-refractivity contribution in [3.05, 3.63) is 47.7 Å². The van der Waals surface area contributed by atoms with Gasteiger partial charge in [-0.3, -0.25) is 19.9 Å². The minimum absolute atomic E-state index is 0.563. The van der Waals surface area contributed by atoms with Gasteiger partial charge in [-0.05, 0) is 36.4 Å². The van der Waals surface area contributed by atoms with Crippen LogP contribution in [0.3, 0.4) is 0 Å². The normalized spacial score (nSPS) is 15.5. The molecule has 1 aromatic heterocycles. The summed E-state index contributed by atoms with van der Waals surface area (Å²) < 4.78 is 32.8. The molecule has 3 aromatic rings. The van der Waals surface area contributed by atoms with E-state index < -0.39 is 0 Å². The molecule has 0 bridgehead atoms. The highest BCUT2D eigenvalue weighted by Crippen LogP contribution is 2.42. The van der Waals surface area contributed by atoms with Crippen molar-refractivity contribution in [3.8, 4) is 45.8 Å². The van der Waals surface area contributed by atoms with Crippen LogP contribution in [-0.2, 0) is 6.54 Å². The predicted octanol–water partition coefficient (Wildman–Crippen LogP) is 3.74. The molecule has 1 fully saturated rings. The summed E-state index contributed by atoms with van der Waals surface area (Å²) in [6, 6.07) is 9.74. The third kappa shape index (κ3) is 5.96. The number of nitrogens with one attached hydrogen (secondary N) is 1. The number of nitrogens with zero attached hydrogens (tertiary/aromatic N) is 4. The molecule has 1 saturated heterocycles. The number of aromatic amines is 1. The Bertz CT molecular complexity index is 1390. The van der Waals surface area contributed by atoms with Crippen molar-refractivity contribution < 1.29 is 28.4 Å². The van der Waals surface area contributed by atoms with Crippen LogP contribution in [-0.4, -0.2) is 101 Å². The van der Waals surface area contributed by atoms with E-state index in [-0.39, 0.29) is 0 Å². The summed E-state index contributed by atoms with van der Waals surface area (Å²) in [7, 11) is 9.65. The average Bonchev–Trinajstić information content (AvgIpc) is 3.46. The van der Waals surface area contributed by atoms with E-state index in [1.54, 1.807) is 42.7 Å². The second-order valence-electron chi connectivity index (χ2n) is 9.79. The number of hydrogen-bond donors (Lipinski definition) is 1. The third-order valence-electron chi connectivity index (χ3n) is 7.36. The van der Waals surface area contributed by atoms with Crippen LogP contribution >= 0.6 is 0 Å². The van der Waals surface area contributed by atoms with Crippen molar-refractivity contribution in [1.29, 1.82) is 0 Å². The number of piperazine rings is 1. The van der Waals surface area contributed by atoms with Crippen LogP contribution in [0, 0.1) is 0 Å². The molecule has 5 rings (SSSR count). The molecule has 0 atom stereocenters. The van der Waals surface area contributed by atoms with Gasteiger partial charge in [0.25, 0.3) is 0 Å². The maximum atomic E-state index is 5.49. The van der Waals surface area contributed by atoms with Crippen molar-refractivity contribution in [1.82, 2.24) is 20.0 Å². The number of aliphatic imine (C=N–C) groups is 1. The Balaban J connectivity index is 1.14. The number of aromatic nitrogens is 2. The van der Waals surface area contributed by atoms with Gasteiger partial charge in [0.1, 0.15) is 0 Å². The van der Waals surface area contributed by atoms with Gasteiger partial charge in [0.05, 0.1) is 59.8 Å². The SMILES string of the molecule is COc1cc(C2=CC(CN3CCN(Cc4cc(-c5cc(OC)c(OC)c(OC)c5)n[nH]4)CC3)=N2)cc(OC)c1OC. The van der Waals surface area contributed by atoms with E-state index in [1.807, 2.05) is 24.3 Å². The van der Waals surface area contributed by atoms with Gasteiger partial charge in [0, 0.05) is 56.1 Å². The molecule has 2 aliphatic heterocycles. The van der Waals surface area contributed by atoms with Gasteiger partial charge in [-0.1, -0.05) is 0 Å². The van der Waals surface area contributed by atoms with Crippen molar-refractivity contribution >= 4 is 11.4 Å². The maximum absolute atomic E-state index is 5.49. The van der Waals surface area contributed by atoms with E-state index >= 15 is 0 Å². The highest BCUT2D eigenvalue weighted by Gasteiger charge is 2.23. The molecule has 11 nitrogen and oxygen atoms in total. The van der Waals surface area contributed by atoms with E-state index in [0.29, 0.717) is 34.5 Å². The van der Waals surface area contributed by atoms with Crippen molar-refractivity contribution in [2.75, 3.05) is 75.4 Å². The molecule has 11 heteroatoms. The Kier molecular flexibility index (Phi) is 8.65. The molecule has 2 aromatic carbocycles. The number of hydrogen-bond acceptors (Lipinski definition) is 10. The summed E-state index contributed by atoms with van der Waals surface area (Å²) in [5.41, 5.74) is 5.72. The first-order valence-electron chi connectivity index (χ1n) is 13.4. The number of methoxy groups -OCH3 is 6. The minimum atomic E-state index is 0.563. The first-order valence-corrected chi connectivity index (χ1v) is 13.4. The topological polar surface area (TPSA) is 103 Å². The summed E-state index contributed by atoms with van der Waals surface area (Å²) >= 11 is 0. The van der Waals surface area contributed by atoms with Crippen LogP contribution in [0.25, 0.3) is 17.0 Å². The molecule has 0 unspecified atom stereocenters. The van der Waals surface area contributed by atoms with Gasteiger partial charge >= 0.3 is 0 Å². The molecule has 2 aliphatic rings. The average molecular weight is 564 g/mol. The lowest BCUT2D eigenvalue weighted by Gasteiger charge is -2.35. The minimum Gasteiger partial charge on any atom is -0.493 e.